The zero-order valence-electron chi connectivity index (χ0n) is 17.8. The van der Waals surface area contributed by atoms with Crippen LogP contribution in [0.4, 0.5) is 5.69 Å². The number of rotatable bonds is 8. The minimum atomic E-state index is -0.480. The molecule has 2 amide bonds. The second-order valence-electron chi connectivity index (χ2n) is 8.01. The Hall–Kier alpha value is -2.74. The lowest BCUT2D eigenvalue weighted by Crippen LogP contribution is -2.47. The first-order valence-electron chi connectivity index (χ1n) is 10.6. The Morgan fingerprint density at radius 3 is 2.23 bits per heavy atom. The molecule has 8 nitrogen and oxygen atoms in total. The van der Waals surface area contributed by atoms with E-state index in [0.717, 1.165) is 25.7 Å². The Balaban J connectivity index is 1.96. The standard InChI is InChI=1S/C22H29N3O5/c1-4-5-6-7-12-24-21(26)19(17-8-10-18(11-9-17)25(28)29)20(22(24)27)23-13-15(2)30-16(3)14-23/h8-11,15-16H,4-7,12-14H2,1-3H3. The molecule has 2 atom stereocenters. The summed E-state index contributed by atoms with van der Waals surface area (Å²) in [5.74, 6) is -0.613. The molecule has 8 heteroatoms. The lowest BCUT2D eigenvalue weighted by Gasteiger charge is -2.37. The highest BCUT2D eigenvalue weighted by atomic mass is 16.6. The van der Waals surface area contributed by atoms with Gasteiger partial charge in [-0.25, -0.2) is 0 Å². The van der Waals surface area contributed by atoms with Gasteiger partial charge in [-0.1, -0.05) is 26.2 Å². The summed E-state index contributed by atoms with van der Waals surface area (Å²) in [5.41, 5.74) is 1.18. The van der Waals surface area contributed by atoms with E-state index in [1.54, 1.807) is 12.1 Å². The van der Waals surface area contributed by atoms with Gasteiger partial charge in [0.2, 0.25) is 0 Å². The van der Waals surface area contributed by atoms with Crippen LogP contribution in [0, 0.1) is 10.1 Å². The number of ether oxygens (including phenoxy) is 1. The molecular weight excluding hydrogens is 386 g/mol. The highest BCUT2D eigenvalue weighted by molar-refractivity contribution is 6.35. The lowest BCUT2D eigenvalue weighted by molar-refractivity contribution is -0.384. The van der Waals surface area contributed by atoms with Crippen molar-refractivity contribution in [2.45, 2.75) is 58.7 Å². The summed E-state index contributed by atoms with van der Waals surface area (Å²) >= 11 is 0. The van der Waals surface area contributed by atoms with Gasteiger partial charge in [0.1, 0.15) is 5.70 Å². The molecule has 30 heavy (non-hydrogen) atoms. The summed E-state index contributed by atoms with van der Waals surface area (Å²) in [6, 6.07) is 5.83. The van der Waals surface area contributed by atoms with E-state index in [-0.39, 0.29) is 29.7 Å². The number of morpholine rings is 1. The van der Waals surface area contributed by atoms with Crippen LogP contribution in [-0.4, -0.2) is 58.4 Å². The first kappa shape index (κ1) is 22.0. The normalized spacial score (nSPS) is 22.2. The molecule has 3 rings (SSSR count). The third-order valence-electron chi connectivity index (χ3n) is 5.48. The zero-order chi connectivity index (χ0) is 21.8. The molecule has 162 valence electrons. The van der Waals surface area contributed by atoms with E-state index in [2.05, 4.69) is 6.92 Å². The summed E-state index contributed by atoms with van der Waals surface area (Å²) in [5, 5.41) is 11.0. The maximum Gasteiger partial charge on any atom is 0.277 e. The molecule has 0 bridgehead atoms. The number of hydrogen-bond donors (Lipinski definition) is 0. The maximum atomic E-state index is 13.3. The molecular formula is C22H29N3O5. The molecule has 0 spiro atoms. The van der Waals surface area contributed by atoms with Crippen molar-refractivity contribution in [2.75, 3.05) is 19.6 Å². The van der Waals surface area contributed by atoms with Crippen LogP contribution in [-0.2, 0) is 14.3 Å². The maximum absolute atomic E-state index is 13.3. The fraction of sp³-hybridized carbons (Fsp3) is 0.545. The van der Waals surface area contributed by atoms with Gasteiger partial charge in [-0.3, -0.25) is 24.6 Å². The zero-order valence-corrected chi connectivity index (χ0v) is 17.8. The number of unbranched alkanes of at least 4 members (excludes halogenated alkanes) is 3. The van der Waals surface area contributed by atoms with Crippen molar-refractivity contribution in [1.82, 2.24) is 9.80 Å². The molecule has 0 aliphatic carbocycles. The number of non-ortho nitro benzene ring substituents is 1. The molecule has 1 fully saturated rings. The Kier molecular flexibility index (Phi) is 6.87. The number of amides is 2. The third kappa shape index (κ3) is 4.53. The van der Waals surface area contributed by atoms with Gasteiger partial charge in [0.25, 0.3) is 17.5 Å². The minimum Gasteiger partial charge on any atom is -0.372 e. The van der Waals surface area contributed by atoms with Crippen molar-refractivity contribution in [3.05, 3.63) is 45.6 Å². The molecule has 1 saturated heterocycles. The monoisotopic (exact) mass is 415 g/mol. The quantitative estimate of drug-likeness (QED) is 0.280. The smallest absolute Gasteiger partial charge is 0.277 e. The number of carbonyl (C=O) groups is 2. The largest absolute Gasteiger partial charge is 0.372 e. The summed E-state index contributed by atoms with van der Waals surface area (Å²) in [7, 11) is 0. The predicted octanol–water partition coefficient (Wildman–Crippen LogP) is 3.36. The third-order valence-corrected chi connectivity index (χ3v) is 5.48. The number of nitro groups is 1. The number of nitro benzene ring substituents is 1. The van der Waals surface area contributed by atoms with E-state index in [4.69, 9.17) is 4.74 Å². The number of benzene rings is 1. The molecule has 2 unspecified atom stereocenters. The van der Waals surface area contributed by atoms with E-state index in [1.807, 2.05) is 18.7 Å². The first-order chi connectivity index (χ1) is 14.3. The van der Waals surface area contributed by atoms with Crippen LogP contribution in [0.15, 0.2) is 30.0 Å². The highest BCUT2D eigenvalue weighted by Gasteiger charge is 2.42. The van der Waals surface area contributed by atoms with Crippen molar-refractivity contribution < 1.29 is 19.2 Å². The summed E-state index contributed by atoms with van der Waals surface area (Å²) < 4.78 is 5.79. The second kappa shape index (κ2) is 9.38. The Morgan fingerprint density at radius 1 is 1.03 bits per heavy atom. The lowest BCUT2D eigenvalue weighted by atomic mass is 10.0. The van der Waals surface area contributed by atoms with Gasteiger partial charge < -0.3 is 9.64 Å². The second-order valence-corrected chi connectivity index (χ2v) is 8.01. The summed E-state index contributed by atoms with van der Waals surface area (Å²) in [6.45, 7) is 7.40. The topological polar surface area (TPSA) is 93.0 Å². The van der Waals surface area contributed by atoms with E-state index in [1.165, 1.54) is 17.0 Å². The van der Waals surface area contributed by atoms with Crippen LogP contribution in [0.3, 0.4) is 0 Å². The van der Waals surface area contributed by atoms with Gasteiger partial charge in [-0.15, -0.1) is 0 Å². The van der Waals surface area contributed by atoms with Crippen LogP contribution in [0.5, 0.6) is 0 Å². The number of nitrogens with zero attached hydrogens (tertiary/aromatic N) is 3. The van der Waals surface area contributed by atoms with E-state index in [0.29, 0.717) is 36.5 Å². The van der Waals surface area contributed by atoms with E-state index in [9.17, 15) is 19.7 Å². The van der Waals surface area contributed by atoms with Crippen molar-refractivity contribution in [3.63, 3.8) is 0 Å². The van der Waals surface area contributed by atoms with E-state index >= 15 is 0 Å². The molecule has 1 aromatic rings. The van der Waals surface area contributed by atoms with Crippen LogP contribution >= 0.6 is 0 Å². The average molecular weight is 415 g/mol. The highest BCUT2D eigenvalue weighted by Crippen LogP contribution is 2.34. The van der Waals surface area contributed by atoms with Crippen molar-refractivity contribution >= 4 is 23.1 Å². The van der Waals surface area contributed by atoms with Crippen LogP contribution in [0.1, 0.15) is 52.0 Å². The predicted molar refractivity (Wildman–Crippen MR) is 112 cm³/mol. The Morgan fingerprint density at radius 2 is 1.67 bits per heavy atom. The van der Waals surface area contributed by atoms with Gasteiger partial charge >= 0.3 is 0 Å². The average Bonchev–Trinajstić information content (AvgIpc) is 2.95. The Labute approximate surface area is 176 Å². The number of imide groups is 1. The van der Waals surface area contributed by atoms with Crippen molar-refractivity contribution in [3.8, 4) is 0 Å². The Bertz CT molecular complexity index is 839. The molecule has 2 heterocycles. The molecule has 0 saturated carbocycles. The van der Waals surface area contributed by atoms with Gasteiger partial charge in [0.05, 0.1) is 22.7 Å². The van der Waals surface area contributed by atoms with Crippen LogP contribution in [0.2, 0.25) is 0 Å². The first-order valence-corrected chi connectivity index (χ1v) is 10.6. The van der Waals surface area contributed by atoms with Crippen LogP contribution in [0.25, 0.3) is 5.57 Å². The SMILES string of the molecule is CCCCCCN1C(=O)C(c2ccc([N+](=O)[O-])cc2)=C(N2CC(C)OC(C)C2)C1=O. The molecule has 2 aliphatic rings. The van der Waals surface area contributed by atoms with Crippen molar-refractivity contribution in [2.24, 2.45) is 0 Å². The minimum absolute atomic E-state index is 0.0530. The molecule has 2 aliphatic heterocycles. The fourth-order valence-electron chi connectivity index (χ4n) is 4.13. The fourth-order valence-corrected chi connectivity index (χ4v) is 4.13. The summed E-state index contributed by atoms with van der Waals surface area (Å²) in [6.07, 6.45) is 3.72. The molecule has 0 N–H and O–H groups in total. The molecule has 0 aromatic heterocycles. The molecule has 0 radical (unpaired) electrons. The van der Waals surface area contributed by atoms with Gasteiger partial charge in [0.15, 0.2) is 0 Å². The van der Waals surface area contributed by atoms with E-state index < -0.39 is 4.92 Å². The van der Waals surface area contributed by atoms with Gasteiger partial charge in [0, 0.05) is 31.8 Å². The van der Waals surface area contributed by atoms with Crippen molar-refractivity contribution in [1.29, 1.82) is 0 Å². The number of carbonyl (C=O) groups excluding carboxylic acids is 2. The van der Waals surface area contributed by atoms with Crippen LogP contribution < -0.4 is 0 Å². The number of hydrogen-bond acceptors (Lipinski definition) is 6. The summed E-state index contributed by atoms with van der Waals surface area (Å²) in [4.78, 5) is 40.4. The molecule has 1 aromatic carbocycles. The van der Waals surface area contributed by atoms with Gasteiger partial charge in [-0.05, 0) is 38.0 Å². The van der Waals surface area contributed by atoms with Gasteiger partial charge in [-0.2, -0.15) is 0 Å².